The minimum Gasteiger partial charge on any atom is -0.326 e. The zero-order valence-corrected chi connectivity index (χ0v) is 12.5. The van der Waals surface area contributed by atoms with Gasteiger partial charge in [0.1, 0.15) is 6.54 Å². The summed E-state index contributed by atoms with van der Waals surface area (Å²) in [6.07, 6.45) is 0. The van der Waals surface area contributed by atoms with Gasteiger partial charge in [0.25, 0.3) is 0 Å². The van der Waals surface area contributed by atoms with Crippen LogP contribution in [0.15, 0.2) is 29.2 Å². The minimum absolute atomic E-state index is 0.00984. The number of carbonyl (C=O) groups is 2. The Kier molecular flexibility index (Phi) is 4.29. The van der Waals surface area contributed by atoms with E-state index in [4.69, 9.17) is 5.73 Å². The first-order valence-electron chi connectivity index (χ1n) is 6.42. The van der Waals surface area contributed by atoms with E-state index in [2.05, 4.69) is 0 Å². The molecule has 1 heterocycles. The van der Waals surface area contributed by atoms with Crippen LogP contribution in [0, 0.1) is 0 Å². The summed E-state index contributed by atoms with van der Waals surface area (Å²) in [6, 6.07) is 5.79. The molecule has 0 saturated carbocycles. The molecule has 7 nitrogen and oxygen atoms in total. The molecule has 2 rings (SSSR count). The van der Waals surface area contributed by atoms with Crippen LogP contribution >= 0.6 is 0 Å². The van der Waals surface area contributed by atoms with Crippen LogP contribution in [0.3, 0.4) is 0 Å². The number of sulfone groups is 1. The lowest BCUT2D eigenvalue weighted by atomic mass is 10.2. The highest BCUT2D eigenvalue weighted by Gasteiger charge is 2.34. The van der Waals surface area contributed by atoms with Crippen molar-refractivity contribution >= 4 is 21.8 Å². The second kappa shape index (κ2) is 5.82. The number of urea groups is 1. The number of rotatable bonds is 5. The Morgan fingerprint density at radius 2 is 1.81 bits per heavy atom. The van der Waals surface area contributed by atoms with Gasteiger partial charge in [-0.15, -0.1) is 0 Å². The number of carbonyl (C=O) groups excluding carboxylic acids is 2. The number of hydrogen-bond donors (Lipinski definition) is 1. The number of nitrogens with two attached hydrogens (primary N) is 1. The summed E-state index contributed by atoms with van der Waals surface area (Å²) in [6.45, 7) is 0.191. The molecule has 0 aliphatic carbocycles. The molecule has 1 aliphatic heterocycles. The normalized spacial score (nSPS) is 15.9. The monoisotopic (exact) mass is 311 g/mol. The molecular weight excluding hydrogens is 294 g/mol. The van der Waals surface area contributed by atoms with Crippen LogP contribution < -0.4 is 5.73 Å². The fraction of sp³-hybridized carbons (Fsp3) is 0.385. The van der Waals surface area contributed by atoms with Gasteiger partial charge in [-0.1, -0.05) is 12.1 Å². The van der Waals surface area contributed by atoms with Crippen LogP contribution in [-0.4, -0.2) is 56.0 Å². The molecule has 1 aliphatic rings. The average Bonchev–Trinajstić information content (AvgIpc) is 2.70. The molecule has 3 amide bonds. The fourth-order valence-electron chi connectivity index (χ4n) is 2.05. The van der Waals surface area contributed by atoms with Gasteiger partial charge in [-0.2, -0.15) is 0 Å². The van der Waals surface area contributed by atoms with Crippen molar-refractivity contribution in [1.82, 2.24) is 9.80 Å². The molecule has 0 spiro atoms. The Morgan fingerprint density at radius 1 is 1.19 bits per heavy atom. The van der Waals surface area contributed by atoms with Crippen molar-refractivity contribution < 1.29 is 18.0 Å². The SMILES string of the molecule is CN1CC(=O)N(CCS(=O)(=O)c2ccc(CN)cc2)C1=O. The van der Waals surface area contributed by atoms with E-state index in [1.54, 1.807) is 12.1 Å². The van der Waals surface area contributed by atoms with Gasteiger partial charge >= 0.3 is 6.03 Å². The number of nitrogens with zero attached hydrogens (tertiary/aromatic N) is 2. The maximum Gasteiger partial charge on any atom is 0.326 e. The summed E-state index contributed by atoms with van der Waals surface area (Å²) in [5.41, 5.74) is 6.29. The highest BCUT2D eigenvalue weighted by atomic mass is 32.2. The summed E-state index contributed by atoms with van der Waals surface area (Å²) in [4.78, 5) is 25.6. The van der Waals surface area contributed by atoms with Gasteiger partial charge in [-0.05, 0) is 17.7 Å². The van der Waals surface area contributed by atoms with Crippen molar-refractivity contribution in [3.63, 3.8) is 0 Å². The number of benzene rings is 1. The summed E-state index contributed by atoms with van der Waals surface area (Å²) in [5, 5.41) is 0. The van der Waals surface area contributed by atoms with Crippen molar-refractivity contribution in [2.75, 3.05) is 25.9 Å². The van der Waals surface area contributed by atoms with Gasteiger partial charge in [0, 0.05) is 20.1 Å². The van der Waals surface area contributed by atoms with Gasteiger partial charge in [-0.25, -0.2) is 13.2 Å². The van der Waals surface area contributed by atoms with E-state index in [0.29, 0.717) is 6.54 Å². The van der Waals surface area contributed by atoms with Gasteiger partial charge in [0.05, 0.1) is 10.6 Å². The molecule has 8 heteroatoms. The van der Waals surface area contributed by atoms with Crippen molar-refractivity contribution in [2.24, 2.45) is 5.73 Å². The lowest BCUT2D eigenvalue weighted by Gasteiger charge is -2.14. The first kappa shape index (κ1) is 15.5. The summed E-state index contributed by atoms with van der Waals surface area (Å²) in [7, 11) is -2.04. The summed E-state index contributed by atoms with van der Waals surface area (Å²) in [5.74, 6) is -0.670. The predicted molar refractivity (Wildman–Crippen MR) is 76.1 cm³/mol. The Morgan fingerprint density at radius 3 is 2.29 bits per heavy atom. The third kappa shape index (κ3) is 3.22. The molecule has 1 aromatic rings. The van der Waals surface area contributed by atoms with Crippen LogP contribution in [0.2, 0.25) is 0 Å². The van der Waals surface area contributed by atoms with E-state index in [1.807, 2.05) is 0 Å². The van der Waals surface area contributed by atoms with Gasteiger partial charge < -0.3 is 10.6 Å². The first-order chi connectivity index (χ1) is 9.85. The van der Waals surface area contributed by atoms with Crippen molar-refractivity contribution in [3.05, 3.63) is 29.8 Å². The van der Waals surface area contributed by atoms with Crippen molar-refractivity contribution in [3.8, 4) is 0 Å². The van der Waals surface area contributed by atoms with E-state index < -0.39 is 15.9 Å². The van der Waals surface area contributed by atoms with Gasteiger partial charge in [0.2, 0.25) is 5.91 Å². The van der Waals surface area contributed by atoms with Crippen LogP contribution in [0.5, 0.6) is 0 Å². The first-order valence-corrected chi connectivity index (χ1v) is 8.07. The van der Waals surface area contributed by atoms with Crippen LogP contribution in [0.1, 0.15) is 5.56 Å². The predicted octanol–water partition coefficient (Wildman–Crippen LogP) is -0.187. The van der Waals surface area contributed by atoms with E-state index in [-0.39, 0.29) is 29.6 Å². The zero-order chi connectivity index (χ0) is 15.6. The second-order valence-electron chi connectivity index (χ2n) is 4.85. The molecule has 0 atom stereocenters. The molecule has 2 N–H and O–H groups in total. The minimum atomic E-state index is -3.54. The third-order valence-corrected chi connectivity index (χ3v) is 5.04. The lowest BCUT2D eigenvalue weighted by molar-refractivity contribution is -0.125. The summed E-state index contributed by atoms with van der Waals surface area (Å²) >= 11 is 0. The van der Waals surface area contributed by atoms with E-state index >= 15 is 0 Å². The smallest absolute Gasteiger partial charge is 0.326 e. The van der Waals surface area contributed by atoms with Gasteiger partial charge in [-0.3, -0.25) is 9.69 Å². The molecule has 0 unspecified atom stereocenters. The lowest BCUT2D eigenvalue weighted by Crippen LogP contribution is -2.35. The number of hydrogen-bond acceptors (Lipinski definition) is 5. The topological polar surface area (TPSA) is 101 Å². The fourth-order valence-corrected chi connectivity index (χ4v) is 3.26. The second-order valence-corrected chi connectivity index (χ2v) is 6.96. The highest BCUT2D eigenvalue weighted by molar-refractivity contribution is 7.91. The number of imide groups is 1. The third-order valence-electron chi connectivity index (χ3n) is 3.33. The molecule has 21 heavy (non-hydrogen) atoms. The summed E-state index contributed by atoms with van der Waals surface area (Å²) < 4.78 is 24.4. The number of amides is 3. The number of likely N-dealkylation sites (N-methyl/N-ethyl adjacent to an activating group) is 1. The van der Waals surface area contributed by atoms with Gasteiger partial charge in [0.15, 0.2) is 9.84 Å². The van der Waals surface area contributed by atoms with Crippen LogP contribution in [-0.2, 0) is 21.2 Å². The van der Waals surface area contributed by atoms with Crippen molar-refractivity contribution in [2.45, 2.75) is 11.4 Å². The average molecular weight is 311 g/mol. The molecule has 0 bridgehead atoms. The largest absolute Gasteiger partial charge is 0.326 e. The quantitative estimate of drug-likeness (QED) is 0.760. The Bertz CT molecular complexity index is 654. The molecule has 1 aromatic carbocycles. The van der Waals surface area contributed by atoms with E-state index in [9.17, 15) is 18.0 Å². The molecule has 114 valence electrons. The molecular formula is C13H17N3O4S. The Hall–Kier alpha value is -1.93. The molecule has 0 aromatic heterocycles. The molecule has 0 radical (unpaired) electrons. The maximum atomic E-state index is 12.2. The molecule has 1 fully saturated rings. The highest BCUT2D eigenvalue weighted by Crippen LogP contribution is 2.14. The standard InChI is InChI=1S/C13H17N3O4S/c1-15-9-12(17)16(13(15)18)6-7-21(19,20)11-4-2-10(8-14)3-5-11/h2-5H,6-9,14H2,1H3. The maximum absolute atomic E-state index is 12.2. The Balaban J connectivity index is 2.07. The zero-order valence-electron chi connectivity index (χ0n) is 11.7. The molecule has 1 saturated heterocycles. The van der Waals surface area contributed by atoms with Crippen molar-refractivity contribution in [1.29, 1.82) is 0 Å². The van der Waals surface area contributed by atoms with Crippen LogP contribution in [0.25, 0.3) is 0 Å². The Labute approximate surface area is 123 Å². The van der Waals surface area contributed by atoms with Crippen LogP contribution in [0.4, 0.5) is 4.79 Å². The van der Waals surface area contributed by atoms with E-state index in [1.165, 1.54) is 24.1 Å². The van der Waals surface area contributed by atoms with E-state index in [0.717, 1.165) is 10.5 Å².